The molecule has 0 spiro atoms. The maximum Gasteiger partial charge on any atom is 0.0486 e. The van der Waals surface area contributed by atoms with Gasteiger partial charge in [0.1, 0.15) is 0 Å². The minimum Gasteiger partial charge on any atom is -0.347 e. The van der Waals surface area contributed by atoms with Gasteiger partial charge in [0.15, 0.2) is 0 Å². The van der Waals surface area contributed by atoms with Crippen LogP contribution in [0.25, 0.3) is 33.2 Å². The minimum absolute atomic E-state index is 0.700. The predicted octanol–water partition coefficient (Wildman–Crippen LogP) is 6.37. The number of likely N-dealkylation sites (tertiary alicyclic amines) is 1. The second-order valence-corrected chi connectivity index (χ2v) is 8.89. The molecule has 2 aromatic heterocycles. The van der Waals surface area contributed by atoms with Gasteiger partial charge in [-0.05, 0) is 62.2 Å². The van der Waals surface area contributed by atoms with Gasteiger partial charge in [-0.15, -0.1) is 0 Å². The first-order chi connectivity index (χ1) is 14.7. The minimum atomic E-state index is 0.700. The Balaban J connectivity index is 1.53. The van der Waals surface area contributed by atoms with Crippen molar-refractivity contribution in [2.24, 2.45) is 5.92 Å². The summed E-state index contributed by atoms with van der Waals surface area (Å²) in [6, 6.07) is 18.9. The zero-order valence-corrected chi connectivity index (χ0v) is 18.0. The molecule has 0 N–H and O–H groups in total. The average molecular weight is 416 g/mol. The molecular formula is C26H26ClN3. The number of halogens is 1. The molecule has 1 saturated heterocycles. The Morgan fingerprint density at radius 2 is 1.80 bits per heavy atom. The van der Waals surface area contributed by atoms with Gasteiger partial charge < -0.3 is 9.47 Å². The molecule has 0 aliphatic carbocycles. The van der Waals surface area contributed by atoms with Crippen LogP contribution >= 0.6 is 11.6 Å². The van der Waals surface area contributed by atoms with Crippen molar-refractivity contribution in [1.29, 1.82) is 0 Å². The number of benzene rings is 2. The van der Waals surface area contributed by atoms with Gasteiger partial charge in [0, 0.05) is 64.3 Å². The van der Waals surface area contributed by atoms with E-state index in [1.54, 1.807) is 0 Å². The van der Waals surface area contributed by atoms with Crippen molar-refractivity contribution in [3.8, 4) is 22.3 Å². The van der Waals surface area contributed by atoms with E-state index >= 15 is 0 Å². The fourth-order valence-corrected chi connectivity index (χ4v) is 4.84. The van der Waals surface area contributed by atoms with Gasteiger partial charge in [0.2, 0.25) is 0 Å². The third-order valence-corrected chi connectivity index (χ3v) is 6.44. The van der Waals surface area contributed by atoms with Crippen molar-refractivity contribution in [3.05, 3.63) is 78.2 Å². The molecule has 0 saturated carbocycles. The van der Waals surface area contributed by atoms with E-state index in [2.05, 4.69) is 58.0 Å². The lowest BCUT2D eigenvalue weighted by Gasteiger charge is -2.30. The molecule has 4 aromatic rings. The fourth-order valence-electron chi connectivity index (χ4n) is 4.72. The Kier molecular flexibility index (Phi) is 5.32. The molecule has 1 fully saturated rings. The van der Waals surface area contributed by atoms with Gasteiger partial charge in [0.05, 0.1) is 0 Å². The number of hydrogen-bond donors (Lipinski definition) is 0. The number of fused-ring (bicyclic) bond motifs is 1. The maximum absolute atomic E-state index is 6.06. The molecule has 0 radical (unpaired) electrons. The summed E-state index contributed by atoms with van der Waals surface area (Å²) in [4.78, 5) is 7.01. The zero-order chi connectivity index (χ0) is 20.5. The van der Waals surface area contributed by atoms with Crippen molar-refractivity contribution < 1.29 is 0 Å². The van der Waals surface area contributed by atoms with Crippen LogP contribution in [0.4, 0.5) is 0 Å². The van der Waals surface area contributed by atoms with Crippen molar-refractivity contribution in [2.75, 3.05) is 20.1 Å². The van der Waals surface area contributed by atoms with E-state index in [0.29, 0.717) is 5.92 Å². The summed E-state index contributed by atoms with van der Waals surface area (Å²) in [6.45, 7) is 3.46. The normalized spacial score (nSPS) is 17.5. The fraction of sp³-hybridized carbons (Fsp3) is 0.269. The van der Waals surface area contributed by atoms with E-state index in [-0.39, 0.29) is 0 Å². The topological polar surface area (TPSA) is 21.1 Å². The lowest BCUT2D eigenvalue weighted by atomic mass is 9.98. The highest BCUT2D eigenvalue weighted by molar-refractivity contribution is 6.30. The van der Waals surface area contributed by atoms with Gasteiger partial charge in [-0.1, -0.05) is 41.9 Å². The van der Waals surface area contributed by atoms with Crippen LogP contribution in [-0.2, 0) is 6.54 Å². The van der Waals surface area contributed by atoms with Crippen LogP contribution in [0.5, 0.6) is 0 Å². The van der Waals surface area contributed by atoms with Gasteiger partial charge >= 0.3 is 0 Å². The van der Waals surface area contributed by atoms with Crippen molar-refractivity contribution in [1.82, 2.24) is 14.5 Å². The number of rotatable bonds is 4. The summed E-state index contributed by atoms with van der Waals surface area (Å²) >= 11 is 6.06. The van der Waals surface area contributed by atoms with E-state index in [4.69, 9.17) is 11.6 Å². The molecule has 1 atom stereocenters. The monoisotopic (exact) mass is 415 g/mol. The SMILES string of the molecule is CN1CCCC(Cn2cc(-c3cncc(-c4ccc(Cl)cc4)c3)c3ccccc32)C1. The third-order valence-electron chi connectivity index (χ3n) is 6.19. The maximum atomic E-state index is 6.06. The van der Waals surface area contributed by atoms with E-state index in [0.717, 1.165) is 28.3 Å². The molecule has 1 unspecified atom stereocenters. The number of pyridine rings is 1. The molecule has 152 valence electrons. The van der Waals surface area contributed by atoms with Gasteiger partial charge in [0.25, 0.3) is 0 Å². The standard InChI is InChI=1S/C26H26ClN3/c1-29-12-4-5-19(16-29)17-30-18-25(24-6-2-3-7-26(24)30)22-13-21(14-28-15-22)20-8-10-23(27)11-9-20/h2-3,6-11,13-15,18-19H,4-5,12,16-17H2,1H3. The molecule has 0 amide bonds. The van der Waals surface area contributed by atoms with E-state index in [1.807, 2.05) is 36.7 Å². The molecule has 1 aliphatic rings. The molecule has 4 heteroatoms. The van der Waals surface area contributed by atoms with Gasteiger partial charge in [-0.3, -0.25) is 4.98 Å². The lowest BCUT2D eigenvalue weighted by molar-refractivity contribution is 0.196. The molecule has 3 nitrogen and oxygen atoms in total. The summed E-state index contributed by atoms with van der Waals surface area (Å²) in [5.41, 5.74) is 5.94. The second kappa shape index (κ2) is 8.25. The van der Waals surface area contributed by atoms with E-state index < -0.39 is 0 Å². The highest BCUT2D eigenvalue weighted by Crippen LogP contribution is 2.33. The van der Waals surface area contributed by atoms with Crippen LogP contribution < -0.4 is 0 Å². The first kappa shape index (κ1) is 19.3. The predicted molar refractivity (Wildman–Crippen MR) is 126 cm³/mol. The van der Waals surface area contributed by atoms with Crippen molar-refractivity contribution >= 4 is 22.5 Å². The number of nitrogens with zero attached hydrogens (tertiary/aromatic N) is 3. The van der Waals surface area contributed by atoms with Gasteiger partial charge in [-0.2, -0.15) is 0 Å². The average Bonchev–Trinajstić information content (AvgIpc) is 3.13. The molecule has 0 bridgehead atoms. The number of aromatic nitrogens is 2. The Hall–Kier alpha value is -2.62. The smallest absolute Gasteiger partial charge is 0.0486 e. The van der Waals surface area contributed by atoms with E-state index in [1.165, 1.54) is 42.4 Å². The Labute approximate surface area is 182 Å². The van der Waals surface area contributed by atoms with Crippen LogP contribution in [0.1, 0.15) is 12.8 Å². The molecule has 30 heavy (non-hydrogen) atoms. The summed E-state index contributed by atoms with van der Waals surface area (Å²) in [6.07, 6.45) is 8.81. The number of para-hydroxylation sites is 1. The quantitative estimate of drug-likeness (QED) is 0.386. The van der Waals surface area contributed by atoms with E-state index in [9.17, 15) is 0 Å². The Morgan fingerprint density at radius 1 is 1.00 bits per heavy atom. The number of hydrogen-bond acceptors (Lipinski definition) is 2. The molecule has 2 aromatic carbocycles. The summed E-state index contributed by atoms with van der Waals surface area (Å²) in [5, 5.41) is 2.04. The van der Waals surface area contributed by atoms with Crippen LogP contribution in [0, 0.1) is 5.92 Å². The highest BCUT2D eigenvalue weighted by atomic mass is 35.5. The van der Waals surface area contributed by atoms with Crippen LogP contribution in [0.2, 0.25) is 5.02 Å². The van der Waals surface area contributed by atoms with Crippen LogP contribution in [0.15, 0.2) is 73.2 Å². The molecular weight excluding hydrogens is 390 g/mol. The number of piperidine rings is 1. The summed E-state index contributed by atoms with van der Waals surface area (Å²) in [7, 11) is 2.24. The first-order valence-corrected chi connectivity index (χ1v) is 11.0. The Bertz CT molecular complexity index is 1160. The first-order valence-electron chi connectivity index (χ1n) is 10.6. The van der Waals surface area contributed by atoms with Crippen molar-refractivity contribution in [2.45, 2.75) is 19.4 Å². The Morgan fingerprint density at radius 3 is 2.63 bits per heavy atom. The van der Waals surface area contributed by atoms with Crippen molar-refractivity contribution in [3.63, 3.8) is 0 Å². The van der Waals surface area contributed by atoms with Crippen LogP contribution in [-0.4, -0.2) is 34.6 Å². The molecule has 3 heterocycles. The highest BCUT2D eigenvalue weighted by Gasteiger charge is 2.19. The summed E-state index contributed by atoms with van der Waals surface area (Å²) < 4.78 is 2.45. The zero-order valence-electron chi connectivity index (χ0n) is 17.3. The van der Waals surface area contributed by atoms with Crippen LogP contribution in [0.3, 0.4) is 0 Å². The largest absolute Gasteiger partial charge is 0.347 e. The summed E-state index contributed by atoms with van der Waals surface area (Å²) in [5.74, 6) is 0.700. The lowest BCUT2D eigenvalue weighted by Crippen LogP contribution is -2.33. The van der Waals surface area contributed by atoms with Gasteiger partial charge in [-0.25, -0.2) is 0 Å². The molecule has 1 aliphatic heterocycles. The second-order valence-electron chi connectivity index (χ2n) is 8.45. The molecule has 5 rings (SSSR count). The third kappa shape index (κ3) is 3.88.